The Morgan fingerprint density at radius 2 is 1.90 bits per heavy atom. The standard InChI is InChI=1S/C22H15N5O2/c23-21(28)20-15-6-2-1-5-14(15)8-9-16(20)17-13-19(27-11-4-10-24-27)26-22(25-17)18-7-3-12-29-18/h1-13H,(H2,23,28). The van der Waals surface area contributed by atoms with Crippen molar-refractivity contribution in [3.05, 3.63) is 84.9 Å². The molecule has 5 aromatic rings. The van der Waals surface area contributed by atoms with Crippen LogP contribution in [-0.2, 0) is 0 Å². The number of primary amides is 1. The van der Waals surface area contributed by atoms with Gasteiger partial charge in [0.05, 0.1) is 17.5 Å². The van der Waals surface area contributed by atoms with E-state index < -0.39 is 5.91 Å². The summed E-state index contributed by atoms with van der Waals surface area (Å²) in [5, 5.41) is 5.96. The summed E-state index contributed by atoms with van der Waals surface area (Å²) in [5.74, 6) is 0.939. The van der Waals surface area contributed by atoms with Crippen molar-refractivity contribution in [2.75, 3.05) is 0 Å². The van der Waals surface area contributed by atoms with Crippen molar-refractivity contribution in [1.29, 1.82) is 0 Å². The van der Waals surface area contributed by atoms with Crippen molar-refractivity contribution >= 4 is 16.7 Å². The van der Waals surface area contributed by atoms with Crippen LogP contribution >= 0.6 is 0 Å². The van der Waals surface area contributed by atoms with Gasteiger partial charge in [-0.25, -0.2) is 14.6 Å². The van der Waals surface area contributed by atoms with Crippen LogP contribution in [0.15, 0.2) is 83.7 Å². The van der Waals surface area contributed by atoms with Gasteiger partial charge in [-0.15, -0.1) is 0 Å². The molecule has 0 aliphatic rings. The molecule has 2 N–H and O–H groups in total. The van der Waals surface area contributed by atoms with E-state index in [9.17, 15) is 4.79 Å². The van der Waals surface area contributed by atoms with Crippen LogP contribution in [0.1, 0.15) is 10.4 Å². The summed E-state index contributed by atoms with van der Waals surface area (Å²) in [4.78, 5) is 21.6. The molecule has 0 unspecified atom stereocenters. The number of hydrogen-bond acceptors (Lipinski definition) is 5. The second kappa shape index (κ2) is 6.72. The van der Waals surface area contributed by atoms with Gasteiger partial charge >= 0.3 is 0 Å². The van der Waals surface area contributed by atoms with Crippen molar-refractivity contribution in [3.8, 4) is 28.7 Å². The molecular formula is C22H15N5O2. The Bertz CT molecular complexity index is 1270. The SMILES string of the molecule is NC(=O)c1c(-c2cc(-n3cccn3)nc(-c3ccco3)n2)ccc2ccccc12. The normalized spacial score (nSPS) is 11.0. The van der Waals surface area contributed by atoms with Crippen molar-refractivity contribution in [2.24, 2.45) is 5.73 Å². The number of rotatable bonds is 4. The molecule has 2 aromatic carbocycles. The Morgan fingerprint density at radius 3 is 2.66 bits per heavy atom. The van der Waals surface area contributed by atoms with Gasteiger partial charge in [0.25, 0.3) is 0 Å². The molecule has 0 radical (unpaired) electrons. The van der Waals surface area contributed by atoms with E-state index in [0.29, 0.717) is 34.2 Å². The van der Waals surface area contributed by atoms with E-state index in [-0.39, 0.29) is 0 Å². The summed E-state index contributed by atoms with van der Waals surface area (Å²) in [5.41, 5.74) is 7.36. The molecule has 0 spiro atoms. The van der Waals surface area contributed by atoms with Gasteiger partial charge in [0.2, 0.25) is 5.91 Å². The quantitative estimate of drug-likeness (QED) is 0.510. The molecule has 3 aromatic heterocycles. The molecule has 0 aliphatic heterocycles. The van der Waals surface area contributed by atoms with E-state index in [1.165, 1.54) is 0 Å². The minimum absolute atomic E-state index is 0.390. The van der Waals surface area contributed by atoms with Crippen LogP contribution < -0.4 is 5.73 Å². The van der Waals surface area contributed by atoms with Gasteiger partial charge in [-0.3, -0.25) is 4.79 Å². The summed E-state index contributed by atoms with van der Waals surface area (Å²) in [6.45, 7) is 0. The van der Waals surface area contributed by atoms with Crippen LogP contribution in [0, 0.1) is 0 Å². The number of benzene rings is 2. The summed E-state index contributed by atoms with van der Waals surface area (Å²) in [6.07, 6.45) is 5.01. The third-order valence-corrected chi connectivity index (χ3v) is 4.64. The second-order valence-electron chi connectivity index (χ2n) is 6.44. The lowest BCUT2D eigenvalue weighted by molar-refractivity contribution is 0.100. The molecule has 3 heterocycles. The van der Waals surface area contributed by atoms with Gasteiger partial charge in [-0.2, -0.15) is 5.10 Å². The molecule has 1 amide bonds. The minimum atomic E-state index is -0.518. The second-order valence-corrected chi connectivity index (χ2v) is 6.44. The fraction of sp³-hybridized carbons (Fsp3) is 0. The predicted molar refractivity (Wildman–Crippen MR) is 108 cm³/mol. The van der Waals surface area contributed by atoms with Crippen molar-refractivity contribution < 1.29 is 9.21 Å². The number of carbonyl (C=O) groups excluding carboxylic acids is 1. The highest BCUT2D eigenvalue weighted by Gasteiger charge is 2.18. The third kappa shape index (κ3) is 2.94. The van der Waals surface area contributed by atoms with Gasteiger partial charge in [0.15, 0.2) is 17.4 Å². The van der Waals surface area contributed by atoms with Gasteiger partial charge < -0.3 is 10.2 Å². The summed E-state index contributed by atoms with van der Waals surface area (Å²) < 4.78 is 7.11. The first-order chi connectivity index (χ1) is 14.2. The van der Waals surface area contributed by atoms with E-state index >= 15 is 0 Å². The van der Waals surface area contributed by atoms with Crippen molar-refractivity contribution in [2.45, 2.75) is 0 Å². The lowest BCUT2D eigenvalue weighted by Crippen LogP contribution is -2.14. The maximum atomic E-state index is 12.4. The number of aromatic nitrogens is 4. The monoisotopic (exact) mass is 381 g/mol. The molecular weight excluding hydrogens is 366 g/mol. The molecule has 7 nitrogen and oxygen atoms in total. The Balaban J connectivity index is 1.80. The molecule has 0 saturated carbocycles. The number of carbonyl (C=O) groups is 1. The Morgan fingerprint density at radius 1 is 1.00 bits per heavy atom. The Labute approximate surface area is 165 Å². The van der Waals surface area contributed by atoms with Gasteiger partial charge in [0.1, 0.15) is 0 Å². The summed E-state index contributed by atoms with van der Waals surface area (Å²) in [6, 6.07) is 18.5. The predicted octanol–water partition coefficient (Wildman–Crippen LogP) is 3.84. The van der Waals surface area contributed by atoms with Crippen LogP contribution in [-0.4, -0.2) is 25.7 Å². The molecule has 5 rings (SSSR count). The molecule has 0 bridgehead atoms. The van der Waals surface area contributed by atoms with E-state index in [1.54, 1.807) is 47.6 Å². The maximum Gasteiger partial charge on any atom is 0.250 e. The number of furan rings is 1. The number of amides is 1. The zero-order valence-corrected chi connectivity index (χ0v) is 15.2. The average Bonchev–Trinajstić information content (AvgIpc) is 3.46. The van der Waals surface area contributed by atoms with E-state index in [1.807, 2.05) is 36.4 Å². The van der Waals surface area contributed by atoms with E-state index in [4.69, 9.17) is 10.2 Å². The minimum Gasteiger partial charge on any atom is -0.461 e. The largest absolute Gasteiger partial charge is 0.461 e. The highest BCUT2D eigenvalue weighted by atomic mass is 16.3. The molecule has 0 saturated heterocycles. The summed E-state index contributed by atoms with van der Waals surface area (Å²) >= 11 is 0. The Hall–Kier alpha value is -4.26. The topological polar surface area (TPSA) is 99.8 Å². The first-order valence-electron chi connectivity index (χ1n) is 8.95. The fourth-order valence-corrected chi connectivity index (χ4v) is 3.36. The smallest absolute Gasteiger partial charge is 0.250 e. The molecule has 140 valence electrons. The van der Waals surface area contributed by atoms with Crippen LogP contribution in [0.4, 0.5) is 0 Å². The van der Waals surface area contributed by atoms with Crippen molar-refractivity contribution in [1.82, 2.24) is 19.7 Å². The summed E-state index contributed by atoms with van der Waals surface area (Å²) in [7, 11) is 0. The Kier molecular flexibility index (Phi) is 3.91. The molecule has 0 aliphatic carbocycles. The lowest BCUT2D eigenvalue weighted by Gasteiger charge is -2.12. The van der Waals surface area contributed by atoms with E-state index in [2.05, 4.69) is 15.1 Å². The van der Waals surface area contributed by atoms with Crippen LogP contribution in [0.5, 0.6) is 0 Å². The first-order valence-corrected chi connectivity index (χ1v) is 8.95. The average molecular weight is 381 g/mol. The van der Waals surface area contributed by atoms with Crippen LogP contribution in [0.3, 0.4) is 0 Å². The maximum absolute atomic E-state index is 12.4. The molecule has 0 atom stereocenters. The number of hydrogen-bond donors (Lipinski definition) is 1. The van der Waals surface area contributed by atoms with Crippen molar-refractivity contribution in [3.63, 3.8) is 0 Å². The zero-order chi connectivity index (χ0) is 19.8. The van der Waals surface area contributed by atoms with Gasteiger partial charge in [-0.1, -0.05) is 36.4 Å². The number of nitrogens with zero attached hydrogens (tertiary/aromatic N) is 4. The highest BCUT2D eigenvalue weighted by Crippen LogP contribution is 2.31. The number of fused-ring (bicyclic) bond motifs is 1. The lowest BCUT2D eigenvalue weighted by atomic mass is 9.96. The van der Waals surface area contributed by atoms with Gasteiger partial charge in [-0.05, 0) is 29.0 Å². The van der Waals surface area contributed by atoms with E-state index in [0.717, 1.165) is 10.8 Å². The molecule has 0 fully saturated rings. The van der Waals surface area contributed by atoms with Gasteiger partial charge in [0, 0.05) is 24.0 Å². The number of nitrogens with two attached hydrogens (primary N) is 1. The highest BCUT2D eigenvalue weighted by molar-refractivity contribution is 6.11. The van der Waals surface area contributed by atoms with Crippen LogP contribution in [0.2, 0.25) is 0 Å². The zero-order valence-electron chi connectivity index (χ0n) is 15.2. The third-order valence-electron chi connectivity index (χ3n) is 4.64. The first kappa shape index (κ1) is 16.9. The molecule has 7 heteroatoms. The fourth-order valence-electron chi connectivity index (χ4n) is 3.36. The molecule has 29 heavy (non-hydrogen) atoms. The van der Waals surface area contributed by atoms with Crippen LogP contribution in [0.25, 0.3) is 39.4 Å².